The Hall–Kier alpha value is -0.650. The molecule has 0 aliphatic rings. The smallest absolute Gasteiger partial charge is 0.321 e. The number of aliphatic carboxylic acids is 1. The summed E-state index contributed by atoms with van der Waals surface area (Å²) in [6.07, 6.45) is 0. The summed E-state index contributed by atoms with van der Waals surface area (Å²) in [7, 11) is 0. The normalized spacial score (nSPS) is 13.3. The van der Waals surface area contributed by atoms with Crippen molar-refractivity contribution in [3.8, 4) is 0 Å². The number of thioether (sulfide) groups is 2. The van der Waals surface area contributed by atoms with Gasteiger partial charge in [0.1, 0.15) is 6.04 Å². The van der Waals surface area contributed by atoms with Crippen molar-refractivity contribution in [1.82, 2.24) is 0 Å². The fourth-order valence-electron chi connectivity index (χ4n) is 1.37. The first kappa shape index (κ1) is 15.4. The summed E-state index contributed by atoms with van der Waals surface area (Å²) >= 11 is 3.38. The zero-order chi connectivity index (χ0) is 13.6. The van der Waals surface area contributed by atoms with Gasteiger partial charge in [0.2, 0.25) is 0 Å². The highest BCUT2D eigenvalue weighted by Gasteiger charge is 2.32. The lowest BCUT2D eigenvalue weighted by atomic mass is 10.1. The van der Waals surface area contributed by atoms with E-state index in [2.05, 4.69) is 12.1 Å². The average Bonchev–Trinajstić information content (AvgIpc) is 2.35. The number of rotatable bonds is 7. The van der Waals surface area contributed by atoms with Gasteiger partial charge in [-0.1, -0.05) is 18.2 Å². The van der Waals surface area contributed by atoms with E-state index in [-0.39, 0.29) is 0 Å². The minimum atomic E-state index is -0.941. The van der Waals surface area contributed by atoms with Gasteiger partial charge in [0.05, 0.1) is 0 Å². The van der Waals surface area contributed by atoms with Crippen LogP contribution < -0.4 is 5.73 Å². The summed E-state index contributed by atoms with van der Waals surface area (Å²) < 4.78 is -0.441. The van der Waals surface area contributed by atoms with Gasteiger partial charge in [-0.25, -0.2) is 0 Å². The Morgan fingerprint density at radius 3 is 2.50 bits per heavy atom. The van der Waals surface area contributed by atoms with Crippen LogP contribution in [0.25, 0.3) is 0 Å². The molecule has 0 aliphatic heterocycles. The molecule has 100 valence electrons. The highest BCUT2D eigenvalue weighted by molar-refractivity contribution is 8.03. The molecule has 1 aromatic rings. The van der Waals surface area contributed by atoms with Crippen LogP contribution in [0.1, 0.15) is 13.8 Å². The van der Waals surface area contributed by atoms with Crippen molar-refractivity contribution in [3.05, 3.63) is 30.3 Å². The van der Waals surface area contributed by atoms with Crippen molar-refractivity contribution in [2.24, 2.45) is 5.73 Å². The Labute approximate surface area is 117 Å². The molecule has 5 heteroatoms. The Bertz CT molecular complexity index is 382. The Kier molecular flexibility index (Phi) is 6.05. The summed E-state index contributed by atoms with van der Waals surface area (Å²) in [4.78, 5) is 12.1. The van der Waals surface area contributed by atoms with Crippen LogP contribution in [-0.4, -0.2) is 33.4 Å². The minimum Gasteiger partial charge on any atom is -0.480 e. The van der Waals surface area contributed by atoms with Gasteiger partial charge >= 0.3 is 5.97 Å². The maximum absolute atomic E-state index is 10.9. The third-order valence-electron chi connectivity index (χ3n) is 2.58. The van der Waals surface area contributed by atoms with Crippen molar-refractivity contribution in [1.29, 1.82) is 0 Å². The standard InChI is InChI=1S/C13H19NO2S2/c1-13(2,11(14)12(15)16)18-9-8-17-10-6-4-3-5-7-10/h3-7,11H,8-9,14H2,1-2H3,(H,15,16)/t11-/m0/s1. The van der Waals surface area contributed by atoms with Crippen LogP contribution in [0.3, 0.4) is 0 Å². The molecule has 0 unspecified atom stereocenters. The Morgan fingerprint density at radius 1 is 1.33 bits per heavy atom. The number of benzene rings is 1. The van der Waals surface area contributed by atoms with Crippen LogP contribution in [-0.2, 0) is 4.79 Å². The molecule has 0 aromatic heterocycles. The van der Waals surface area contributed by atoms with Crippen molar-refractivity contribution in [2.45, 2.75) is 29.5 Å². The van der Waals surface area contributed by atoms with Crippen LogP contribution in [0.15, 0.2) is 35.2 Å². The highest BCUT2D eigenvalue weighted by atomic mass is 32.2. The largest absolute Gasteiger partial charge is 0.480 e. The van der Waals surface area contributed by atoms with Crippen molar-refractivity contribution >= 4 is 29.5 Å². The first-order chi connectivity index (χ1) is 8.43. The quantitative estimate of drug-likeness (QED) is 0.596. The first-order valence-electron chi connectivity index (χ1n) is 5.73. The summed E-state index contributed by atoms with van der Waals surface area (Å²) in [5, 5.41) is 8.91. The van der Waals surface area contributed by atoms with Gasteiger partial charge in [-0.15, -0.1) is 11.8 Å². The van der Waals surface area contributed by atoms with Gasteiger partial charge in [-0.2, -0.15) is 11.8 Å². The van der Waals surface area contributed by atoms with Gasteiger partial charge in [-0.3, -0.25) is 4.79 Å². The molecule has 1 rings (SSSR count). The number of carboxylic acid groups (broad SMARTS) is 1. The van der Waals surface area contributed by atoms with E-state index >= 15 is 0 Å². The van der Waals surface area contributed by atoms with Gasteiger partial charge in [0.25, 0.3) is 0 Å². The Balaban J connectivity index is 2.31. The SMILES string of the molecule is CC(C)(SCCSc1ccccc1)[C@@H](N)C(=O)O. The third-order valence-corrected chi connectivity index (χ3v) is 5.26. The van der Waals surface area contributed by atoms with Crippen LogP contribution in [0.5, 0.6) is 0 Å². The molecule has 18 heavy (non-hydrogen) atoms. The fraction of sp³-hybridized carbons (Fsp3) is 0.462. The lowest BCUT2D eigenvalue weighted by molar-refractivity contribution is -0.139. The van der Waals surface area contributed by atoms with E-state index < -0.39 is 16.8 Å². The zero-order valence-corrected chi connectivity index (χ0v) is 12.3. The van der Waals surface area contributed by atoms with Gasteiger partial charge < -0.3 is 10.8 Å². The van der Waals surface area contributed by atoms with E-state index in [0.717, 1.165) is 11.5 Å². The zero-order valence-electron chi connectivity index (χ0n) is 10.6. The van der Waals surface area contributed by atoms with Crippen molar-refractivity contribution < 1.29 is 9.90 Å². The van der Waals surface area contributed by atoms with Gasteiger partial charge in [0.15, 0.2) is 0 Å². The van der Waals surface area contributed by atoms with E-state index in [4.69, 9.17) is 10.8 Å². The minimum absolute atomic E-state index is 0.441. The molecule has 0 fully saturated rings. The maximum atomic E-state index is 10.9. The molecule has 1 atom stereocenters. The summed E-state index contributed by atoms with van der Waals surface area (Å²) in [5.41, 5.74) is 5.66. The van der Waals surface area contributed by atoms with Crippen LogP contribution >= 0.6 is 23.5 Å². The average molecular weight is 285 g/mol. The van der Waals surface area contributed by atoms with E-state index in [1.165, 1.54) is 4.90 Å². The molecule has 0 saturated carbocycles. The van der Waals surface area contributed by atoms with E-state index in [0.29, 0.717) is 0 Å². The van der Waals surface area contributed by atoms with Crippen LogP contribution in [0.2, 0.25) is 0 Å². The second-order valence-corrected chi connectivity index (χ2v) is 7.35. The molecule has 3 N–H and O–H groups in total. The molecule has 0 heterocycles. The summed E-state index contributed by atoms with van der Waals surface area (Å²) in [6, 6.07) is 9.34. The maximum Gasteiger partial charge on any atom is 0.321 e. The molecule has 0 spiro atoms. The second kappa shape index (κ2) is 7.07. The van der Waals surface area contributed by atoms with Crippen molar-refractivity contribution in [2.75, 3.05) is 11.5 Å². The predicted octanol–water partition coefficient (Wildman–Crippen LogP) is 2.70. The topological polar surface area (TPSA) is 63.3 Å². The molecule has 1 aromatic carbocycles. The number of nitrogens with two attached hydrogens (primary N) is 1. The Morgan fingerprint density at radius 2 is 1.94 bits per heavy atom. The molecule has 0 amide bonds. The monoisotopic (exact) mass is 285 g/mol. The summed E-state index contributed by atoms with van der Waals surface area (Å²) in [5.74, 6) is 0.890. The molecule has 0 aliphatic carbocycles. The fourth-order valence-corrected chi connectivity index (χ4v) is 3.43. The highest BCUT2D eigenvalue weighted by Crippen LogP contribution is 2.29. The molecule has 0 radical (unpaired) electrons. The van der Waals surface area contributed by atoms with Gasteiger partial charge in [-0.05, 0) is 26.0 Å². The van der Waals surface area contributed by atoms with Crippen molar-refractivity contribution in [3.63, 3.8) is 0 Å². The molecular formula is C13H19NO2S2. The molecular weight excluding hydrogens is 266 g/mol. The van der Waals surface area contributed by atoms with Crippen LogP contribution in [0, 0.1) is 0 Å². The second-order valence-electron chi connectivity index (χ2n) is 4.43. The van der Waals surface area contributed by atoms with Gasteiger partial charge in [0, 0.05) is 21.1 Å². The number of carboxylic acids is 1. The lowest BCUT2D eigenvalue weighted by Gasteiger charge is -2.27. The van der Waals surface area contributed by atoms with E-state index in [1.807, 2.05) is 32.0 Å². The van der Waals surface area contributed by atoms with Crippen LogP contribution in [0.4, 0.5) is 0 Å². The molecule has 0 saturated heterocycles. The first-order valence-corrected chi connectivity index (χ1v) is 7.71. The number of hydrogen-bond acceptors (Lipinski definition) is 4. The molecule has 0 bridgehead atoms. The number of hydrogen-bond donors (Lipinski definition) is 2. The van der Waals surface area contributed by atoms with E-state index in [9.17, 15) is 4.79 Å². The number of carbonyl (C=O) groups is 1. The summed E-state index contributed by atoms with van der Waals surface area (Å²) in [6.45, 7) is 3.76. The predicted molar refractivity (Wildman–Crippen MR) is 79.3 cm³/mol. The third kappa shape index (κ3) is 4.92. The lowest BCUT2D eigenvalue weighted by Crippen LogP contribution is -2.46. The van der Waals surface area contributed by atoms with E-state index in [1.54, 1.807) is 23.5 Å². The molecule has 3 nitrogen and oxygen atoms in total.